The maximum atomic E-state index is 3.56. The number of hydrogen-bond donors (Lipinski definition) is 0. The Labute approximate surface area is 163 Å². The molecule has 137 valence electrons. The molecule has 0 aromatic heterocycles. The summed E-state index contributed by atoms with van der Waals surface area (Å²) in [5.74, 6) is 0. The fourth-order valence-electron chi connectivity index (χ4n) is 1.22. The summed E-state index contributed by atoms with van der Waals surface area (Å²) in [6.45, 7) is 13.6. The van der Waals surface area contributed by atoms with Crippen molar-refractivity contribution in [3.8, 4) is 0 Å². The van der Waals surface area contributed by atoms with E-state index in [1.54, 1.807) is 0 Å². The number of nitrogens with zero attached hydrogens (tertiary/aromatic N) is 3. The third kappa shape index (κ3) is 37.5. The van der Waals surface area contributed by atoms with Gasteiger partial charge < -0.3 is 14.7 Å². The van der Waals surface area contributed by atoms with E-state index >= 15 is 0 Å². The van der Waals surface area contributed by atoms with Crippen molar-refractivity contribution in [1.29, 1.82) is 0 Å². The Morgan fingerprint density at radius 2 is 1.17 bits per heavy atom. The van der Waals surface area contributed by atoms with Gasteiger partial charge in [0.05, 0.1) is 0 Å². The first kappa shape index (κ1) is 28.1. The average molecular weight is 368 g/mol. The van der Waals surface area contributed by atoms with Gasteiger partial charge in [0.25, 0.3) is 0 Å². The summed E-state index contributed by atoms with van der Waals surface area (Å²) < 4.78 is 1.47. The normalized spacial score (nSPS) is 11.4. The van der Waals surface area contributed by atoms with E-state index in [0.717, 1.165) is 19.6 Å². The van der Waals surface area contributed by atoms with E-state index in [-0.39, 0.29) is 0 Å². The molecule has 0 aromatic carbocycles. The van der Waals surface area contributed by atoms with E-state index in [2.05, 4.69) is 73.1 Å². The first-order valence-electron chi connectivity index (χ1n) is 8.05. The van der Waals surface area contributed by atoms with Crippen LogP contribution in [0.2, 0.25) is 0 Å². The van der Waals surface area contributed by atoms with Crippen molar-refractivity contribution in [1.82, 2.24) is 14.7 Å². The van der Waals surface area contributed by atoms with Crippen LogP contribution in [0.4, 0.5) is 0 Å². The van der Waals surface area contributed by atoms with Gasteiger partial charge in [0.15, 0.2) is 0 Å². The number of hydrogen-bond acceptors (Lipinski definition) is 3. The molecule has 24 heavy (non-hydrogen) atoms. The molecule has 1 rings (SSSR count). The Hall–Kier alpha value is -0.706. The zero-order chi connectivity index (χ0) is 19.4. The van der Waals surface area contributed by atoms with Crippen LogP contribution in [0, 0.1) is 0 Å². The summed E-state index contributed by atoms with van der Waals surface area (Å²) >= 11 is 2.14. The van der Waals surface area contributed by atoms with Crippen LogP contribution in [0.5, 0.6) is 0 Å². The van der Waals surface area contributed by atoms with Crippen LogP contribution in [-0.4, -0.2) is 76.6 Å². The van der Waals surface area contributed by atoms with Crippen LogP contribution in [0.1, 0.15) is 6.42 Å². The van der Waals surface area contributed by atoms with Gasteiger partial charge in [-0.25, -0.2) is 0 Å². The quantitative estimate of drug-likeness (QED) is 0.524. The zero-order valence-electron chi connectivity index (χ0n) is 16.8. The van der Waals surface area contributed by atoms with Crippen LogP contribution < -0.4 is 0 Å². The van der Waals surface area contributed by atoms with Crippen LogP contribution in [0.3, 0.4) is 0 Å². The van der Waals surface area contributed by atoms with E-state index in [0.29, 0.717) is 0 Å². The third-order valence-corrected chi connectivity index (χ3v) is 2.83. The Morgan fingerprint density at radius 3 is 1.21 bits per heavy atom. The molecular formula is C20H38N3Ti. The Morgan fingerprint density at radius 1 is 0.833 bits per heavy atom. The van der Waals surface area contributed by atoms with Gasteiger partial charge in [0, 0.05) is 19.6 Å². The first-order valence-corrected chi connectivity index (χ1v) is 8.83. The molecule has 0 amide bonds. The molecule has 3 nitrogen and oxygen atoms in total. The molecule has 0 saturated heterocycles. The van der Waals surface area contributed by atoms with Crippen LogP contribution in [0.25, 0.3) is 0 Å². The van der Waals surface area contributed by atoms with Gasteiger partial charge >= 0.3 is 49.0 Å². The molecule has 0 fully saturated rings. The second-order valence-corrected chi connectivity index (χ2v) is 6.98. The van der Waals surface area contributed by atoms with E-state index < -0.39 is 0 Å². The van der Waals surface area contributed by atoms with Gasteiger partial charge in [0.2, 0.25) is 0 Å². The van der Waals surface area contributed by atoms with Crippen molar-refractivity contribution in [3.63, 3.8) is 0 Å². The van der Waals surface area contributed by atoms with Gasteiger partial charge in [-0.3, -0.25) is 0 Å². The second-order valence-electron chi connectivity index (χ2n) is 5.98. The Bertz CT molecular complexity index is 323. The molecule has 0 aliphatic heterocycles. The Balaban J connectivity index is -0.000000245. The molecular weight excluding hydrogens is 330 g/mol. The predicted molar refractivity (Wildman–Crippen MR) is 108 cm³/mol. The second kappa shape index (κ2) is 22.3. The number of likely N-dealkylation sites (N-methyl/N-ethyl adjacent to an activating group) is 3. The standard InChI is InChI=1S/3C5H11N.C5H5.Ti/c3*1-4-5-6(2)3;1-2-4-5-3-1;/h3*4H,1,5H2,2-3H3;1-3H,4H2;. The van der Waals surface area contributed by atoms with Crippen LogP contribution in [-0.2, 0) is 20.4 Å². The van der Waals surface area contributed by atoms with Gasteiger partial charge in [-0.1, -0.05) is 18.2 Å². The summed E-state index contributed by atoms with van der Waals surface area (Å²) in [6.07, 6.45) is 13.2. The van der Waals surface area contributed by atoms with Crippen molar-refractivity contribution in [2.45, 2.75) is 6.42 Å². The van der Waals surface area contributed by atoms with Gasteiger partial charge in [-0.2, -0.15) is 0 Å². The monoisotopic (exact) mass is 368 g/mol. The summed E-state index contributed by atoms with van der Waals surface area (Å²) in [5, 5.41) is 0. The molecule has 0 radical (unpaired) electrons. The van der Waals surface area contributed by atoms with Crippen LogP contribution >= 0.6 is 0 Å². The average Bonchev–Trinajstić information content (AvgIpc) is 2.91. The zero-order valence-corrected chi connectivity index (χ0v) is 18.3. The van der Waals surface area contributed by atoms with E-state index in [4.69, 9.17) is 0 Å². The third-order valence-electron chi connectivity index (χ3n) is 2.25. The molecule has 0 N–H and O–H groups in total. The van der Waals surface area contributed by atoms with Crippen molar-refractivity contribution in [2.24, 2.45) is 0 Å². The van der Waals surface area contributed by atoms with Crippen LogP contribution in [0.15, 0.2) is 60.1 Å². The molecule has 0 atom stereocenters. The molecule has 0 spiro atoms. The van der Waals surface area contributed by atoms with Gasteiger partial charge in [-0.05, 0) is 42.3 Å². The molecule has 0 aromatic rings. The minimum absolute atomic E-state index is 0.972. The fourth-order valence-corrected chi connectivity index (χ4v) is 1.56. The molecule has 4 heteroatoms. The minimum atomic E-state index is 0.972. The summed E-state index contributed by atoms with van der Waals surface area (Å²) in [6, 6.07) is 0. The van der Waals surface area contributed by atoms with Crippen molar-refractivity contribution >= 4 is 0 Å². The molecule has 1 aliphatic carbocycles. The van der Waals surface area contributed by atoms with Crippen molar-refractivity contribution in [3.05, 3.63) is 60.1 Å². The molecule has 0 heterocycles. The number of allylic oxidation sites excluding steroid dienone is 4. The predicted octanol–water partition coefficient (Wildman–Crippen LogP) is 3.58. The van der Waals surface area contributed by atoms with Crippen molar-refractivity contribution in [2.75, 3.05) is 61.9 Å². The number of rotatable bonds is 6. The topological polar surface area (TPSA) is 9.72 Å². The molecule has 0 saturated carbocycles. The van der Waals surface area contributed by atoms with E-state index in [1.807, 2.05) is 60.5 Å². The van der Waals surface area contributed by atoms with Gasteiger partial charge in [-0.15, -0.1) is 19.7 Å². The van der Waals surface area contributed by atoms with Gasteiger partial charge in [0.1, 0.15) is 0 Å². The van der Waals surface area contributed by atoms with Crippen molar-refractivity contribution < 1.29 is 20.4 Å². The Kier molecular flexibility index (Phi) is 26.1. The summed E-state index contributed by atoms with van der Waals surface area (Å²) in [7, 11) is 12.1. The molecule has 0 unspecified atom stereocenters. The SMILES string of the molecule is C=CCN(C)C.C=CCN(C)C.C=CCN(C)C.[Ti][C]1=CC=CC1. The molecule has 1 aliphatic rings. The van der Waals surface area contributed by atoms with E-state index in [1.165, 1.54) is 10.3 Å². The van der Waals surface area contributed by atoms with E-state index in [9.17, 15) is 0 Å². The summed E-state index contributed by atoms with van der Waals surface area (Å²) in [5.41, 5.74) is 0. The fraction of sp³-hybridized carbons (Fsp3) is 0.500. The summed E-state index contributed by atoms with van der Waals surface area (Å²) in [4.78, 5) is 6.19. The first-order chi connectivity index (χ1) is 11.2. The maximum absolute atomic E-state index is 3.56. The molecule has 0 bridgehead atoms.